The van der Waals surface area contributed by atoms with Gasteiger partial charge in [-0.15, -0.1) is 0 Å². The summed E-state index contributed by atoms with van der Waals surface area (Å²) in [4.78, 5) is 0. The van der Waals surface area contributed by atoms with Gasteiger partial charge in [0.15, 0.2) is 8.32 Å². The summed E-state index contributed by atoms with van der Waals surface area (Å²) in [6.45, 7) is 14.6. The first-order valence-corrected chi connectivity index (χ1v) is 16.4. The van der Waals surface area contributed by atoms with Crippen LogP contribution in [0.5, 0.6) is 11.5 Å². The molecule has 4 nitrogen and oxygen atoms in total. The van der Waals surface area contributed by atoms with Crippen LogP contribution in [0, 0.1) is 24.8 Å². The van der Waals surface area contributed by atoms with Crippen LogP contribution in [0.3, 0.4) is 0 Å². The lowest BCUT2D eigenvalue weighted by molar-refractivity contribution is 0.0904. The highest BCUT2D eigenvalue weighted by molar-refractivity contribution is 6.74. The van der Waals surface area contributed by atoms with E-state index in [0.29, 0.717) is 5.92 Å². The first kappa shape index (κ1) is 27.5. The Bertz CT molecular complexity index is 1130. The maximum Gasteiger partial charge on any atom is 0.192 e. The van der Waals surface area contributed by atoms with E-state index in [1.54, 1.807) is 14.2 Å². The number of nitrogens with zero attached hydrogens (tertiary/aromatic N) is 1. The second kappa shape index (κ2) is 11.1. The number of rotatable bonds is 10. The Balaban J connectivity index is 1.76. The molecular weight excluding hydrogens is 474 g/mol. The van der Waals surface area contributed by atoms with Crippen LogP contribution in [0.25, 0.3) is 0 Å². The Morgan fingerprint density at radius 1 is 1.03 bits per heavy atom. The molecule has 1 aromatic heterocycles. The number of aromatic nitrogens is 1. The third kappa shape index (κ3) is 6.15. The molecular formula is C32H44NO3Si. The molecule has 1 aliphatic rings. The smallest absolute Gasteiger partial charge is 0.192 e. The second-order valence-electron chi connectivity index (χ2n) is 12.2. The van der Waals surface area contributed by atoms with Gasteiger partial charge in [-0.3, -0.25) is 0 Å². The standard InChI is InChI=1S/C32H44NO3Si/c1-23-29(34-5)20-27(21-30(23)35-6)31(36-37(7,8)32(2,3)4)28(22-33-15-11-12-16-33)19-24-17-25-13-9-10-14-26(25)18-24/h9-11,13-16,20-21,24,28,31H,17-19,22H2,1-8H3/t28-,31-/m1/s1. The molecule has 3 aromatic rings. The van der Waals surface area contributed by atoms with Crippen LogP contribution in [0.15, 0.2) is 54.9 Å². The zero-order valence-corrected chi connectivity index (χ0v) is 24.9. The van der Waals surface area contributed by atoms with Crippen LogP contribution in [0.2, 0.25) is 18.1 Å². The van der Waals surface area contributed by atoms with Crippen molar-refractivity contribution in [2.75, 3.05) is 14.2 Å². The first-order chi connectivity index (χ1) is 17.5. The van der Waals surface area contributed by atoms with Crippen LogP contribution < -0.4 is 9.47 Å². The van der Waals surface area contributed by atoms with Gasteiger partial charge in [-0.1, -0.05) is 45.0 Å². The minimum atomic E-state index is -2.10. The molecule has 2 atom stereocenters. The monoisotopic (exact) mass is 518 g/mol. The molecule has 2 aromatic carbocycles. The summed E-state index contributed by atoms with van der Waals surface area (Å²) in [6.07, 6.45) is 7.46. The lowest BCUT2D eigenvalue weighted by atomic mass is 9.85. The number of benzene rings is 2. The van der Waals surface area contributed by atoms with Crippen molar-refractivity contribution in [1.29, 1.82) is 0 Å². The number of fused-ring (bicyclic) bond motifs is 1. The van der Waals surface area contributed by atoms with Gasteiger partial charge in [-0.2, -0.15) is 0 Å². The van der Waals surface area contributed by atoms with Gasteiger partial charge in [0.2, 0.25) is 0 Å². The largest absolute Gasteiger partial charge is 0.496 e. The molecule has 0 fully saturated rings. The normalized spacial score (nSPS) is 15.9. The Labute approximate surface area is 225 Å². The van der Waals surface area contributed by atoms with Crippen LogP contribution in [-0.4, -0.2) is 27.1 Å². The third-order valence-corrected chi connectivity index (χ3v) is 13.0. The Kier molecular flexibility index (Phi) is 8.25. The summed E-state index contributed by atoms with van der Waals surface area (Å²) >= 11 is 0. The maximum absolute atomic E-state index is 7.33. The van der Waals surface area contributed by atoms with Crippen molar-refractivity contribution >= 4 is 8.32 Å². The molecule has 1 heterocycles. The van der Waals surface area contributed by atoms with Crippen LogP contribution >= 0.6 is 0 Å². The van der Waals surface area contributed by atoms with E-state index in [9.17, 15) is 0 Å². The lowest BCUT2D eigenvalue weighted by Crippen LogP contribution is -2.43. The molecule has 1 radical (unpaired) electrons. The van der Waals surface area contributed by atoms with Gasteiger partial charge in [0.05, 0.1) is 20.3 Å². The van der Waals surface area contributed by atoms with Gasteiger partial charge in [0, 0.05) is 36.5 Å². The van der Waals surface area contributed by atoms with Crippen LogP contribution in [-0.2, 0) is 23.8 Å². The maximum atomic E-state index is 7.33. The Morgan fingerprint density at radius 2 is 1.62 bits per heavy atom. The Morgan fingerprint density at radius 3 is 2.11 bits per heavy atom. The van der Waals surface area contributed by atoms with E-state index in [-0.39, 0.29) is 17.1 Å². The van der Waals surface area contributed by atoms with Crippen molar-refractivity contribution < 1.29 is 13.9 Å². The molecule has 5 heteroatoms. The quantitative estimate of drug-likeness (QED) is 0.257. The van der Waals surface area contributed by atoms with Gasteiger partial charge < -0.3 is 18.5 Å². The minimum Gasteiger partial charge on any atom is -0.496 e. The second-order valence-corrected chi connectivity index (χ2v) is 17.0. The van der Waals surface area contributed by atoms with E-state index in [1.165, 1.54) is 11.1 Å². The highest BCUT2D eigenvalue weighted by Gasteiger charge is 2.42. The number of ether oxygens (including phenoxy) is 2. The van der Waals surface area contributed by atoms with E-state index in [0.717, 1.165) is 48.4 Å². The molecule has 0 unspecified atom stereocenters. The molecule has 0 saturated heterocycles. The predicted octanol–water partition coefficient (Wildman–Crippen LogP) is 7.80. The van der Waals surface area contributed by atoms with Crippen molar-refractivity contribution in [3.63, 3.8) is 0 Å². The zero-order chi connectivity index (χ0) is 26.8. The summed E-state index contributed by atoms with van der Waals surface area (Å²) in [5, 5.41) is 0.0967. The summed E-state index contributed by atoms with van der Waals surface area (Å²) in [5.41, 5.74) is 5.16. The van der Waals surface area contributed by atoms with Crippen LogP contribution in [0.1, 0.15) is 55.5 Å². The summed E-state index contributed by atoms with van der Waals surface area (Å²) in [6, 6.07) is 18.5. The average molecular weight is 519 g/mol. The molecule has 37 heavy (non-hydrogen) atoms. The first-order valence-electron chi connectivity index (χ1n) is 13.5. The number of hydrogen-bond donors (Lipinski definition) is 0. The van der Waals surface area contributed by atoms with Crippen molar-refractivity contribution in [3.05, 3.63) is 83.2 Å². The Hall–Kier alpha value is -2.50. The zero-order valence-electron chi connectivity index (χ0n) is 23.9. The topological polar surface area (TPSA) is 32.6 Å². The molecule has 0 aliphatic heterocycles. The minimum absolute atomic E-state index is 0.0737. The molecule has 0 N–H and O–H groups in total. The molecule has 199 valence electrons. The fourth-order valence-corrected chi connectivity index (χ4v) is 6.76. The fraction of sp³-hybridized carbons (Fsp3) is 0.500. The van der Waals surface area contributed by atoms with Crippen molar-refractivity contribution in [3.8, 4) is 11.5 Å². The predicted molar refractivity (Wildman–Crippen MR) is 154 cm³/mol. The summed E-state index contributed by atoms with van der Waals surface area (Å²) < 4.78 is 21.2. The van der Waals surface area contributed by atoms with Gasteiger partial charge in [0.1, 0.15) is 11.5 Å². The van der Waals surface area contributed by atoms with Gasteiger partial charge in [-0.05, 0) is 85.1 Å². The fourth-order valence-electron chi connectivity index (χ4n) is 5.44. The molecule has 0 saturated carbocycles. The number of hydrogen-bond acceptors (Lipinski definition) is 3. The van der Waals surface area contributed by atoms with E-state index >= 15 is 0 Å². The molecule has 0 bridgehead atoms. The van der Waals surface area contributed by atoms with Crippen molar-refractivity contribution in [2.24, 2.45) is 11.8 Å². The summed E-state index contributed by atoms with van der Waals surface area (Å²) in [5.74, 6) is 2.58. The summed E-state index contributed by atoms with van der Waals surface area (Å²) in [7, 11) is 1.37. The van der Waals surface area contributed by atoms with Gasteiger partial charge in [-0.25, -0.2) is 0 Å². The number of methoxy groups -OCH3 is 2. The lowest BCUT2D eigenvalue weighted by Gasteiger charge is -2.42. The van der Waals surface area contributed by atoms with Crippen LogP contribution in [0.4, 0.5) is 0 Å². The highest BCUT2D eigenvalue weighted by atomic mass is 28.4. The third-order valence-electron chi connectivity index (χ3n) is 8.58. The molecule has 0 amide bonds. The molecule has 0 spiro atoms. The van der Waals surface area contributed by atoms with E-state index < -0.39 is 8.32 Å². The molecule has 1 aliphatic carbocycles. The van der Waals surface area contributed by atoms with E-state index in [1.807, 2.05) is 13.0 Å². The van der Waals surface area contributed by atoms with Crippen molar-refractivity contribution in [2.45, 2.75) is 77.7 Å². The molecule has 4 rings (SSSR count). The van der Waals surface area contributed by atoms with E-state index in [2.05, 4.69) is 93.3 Å². The SMILES string of the molecule is COc1cc([C@@H](O[Si](C)(C)C(C)(C)C)[C@H](CC2Cc3ccccc3C2)Cn2c[c]cc2)cc(OC)c1C. The highest BCUT2D eigenvalue weighted by Crippen LogP contribution is 2.46. The van der Waals surface area contributed by atoms with Gasteiger partial charge >= 0.3 is 0 Å². The van der Waals surface area contributed by atoms with E-state index in [4.69, 9.17) is 13.9 Å². The average Bonchev–Trinajstić information content (AvgIpc) is 3.51. The van der Waals surface area contributed by atoms with Gasteiger partial charge in [0.25, 0.3) is 0 Å². The van der Waals surface area contributed by atoms with Crippen molar-refractivity contribution in [1.82, 2.24) is 4.57 Å².